The van der Waals surface area contributed by atoms with Gasteiger partial charge in [0.25, 0.3) is 0 Å². The second-order valence-electron chi connectivity index (χ2n) is 4.54. The van der Waals surface area contributed by atoms with Crippen LogP contribution >= 0.6 is 0 Å². The van der Waals surface area contributed by atoms with Crippen LogP contribution in [0.15, 0.2) is 51.9 Å². The Morgan fingerprint density at radius 3 is 2.48 bits per heavy atom. The van der Waals surface area contributed by atoms with E-state index in [1.165, 1.54) is 18.3 Å². The van der Waals surface area contributed by atoms with E-state index >= 15 is 0 Å². The van der Waals surface area contributed by atoms with Crippen molar-refractivity contribution in [1.82, 2.24) is 15.1 Å². The maximum Gasteiger partial charge on any atom is 0.439 e. The first kappa shape index (κ1) is 14.8. The molecule has 3 aromatic rings. The number of alkyl halides is 3. The van der Waals surface area contributed by atoms with Gasteiger partial charge >= 0.3 is 11.9 Å². The fourth-order valence-electron chi connectivity index (χ4n) is 1.92. The molecule has 0 fully saturated rings. The Balaban J connectivity index is 1.90. The van der Waals surface area contributed by atoms with Crippen LogP contribution in [0.3, 0.4) is 0 Å². The van der Waals surface area contributed by atoms with Gasteiger partial charge in [0.2, 0.25) is 0 Å². The first-order valence-electron chi connectivity index (χ1n) is 6.39. The molecule has 2 N–H and O–H groups in total. The molecule has 1 aromatic carbocycles. The van der Waals surface area contributed by atoms with Crippen LogP contribution in [0, 0.1) is 0 Å². The number of H-pyrrole nitrogens is 1. The highest BCUT2D eigenvalue weighted by Gasteiger charge is 2.29. The third-order valence-corrected chi connectivity index (χ3v) is 2.98. The van der Waals surface area contributed by atoms with Crippen molar-refractivity contribution < 1.29 is 17.7 Å². The molecule has 0 saturated carbocycles. The summed E-state index contributed by atoms with van der Waals surface area (Å²) < 4.78 is 42.1. The van der Waals surface area contributed by atoms with E-state index in [1.54, 1.807) is 12.1 Å². The molecule has 0 aliphatic carbocycles. The molecule has 0 amide bonds. The summed E-state index contributed by atoms with van der Waals surface area (Å²) in [5.74, 6) is -0.237. The van der Waals surface area contributed by atoms with Crippen molar-refractivity contribution in [2.75, 3.05) is 5.32 Å². The van der Waals surface area contributed by atoms with E-state index in [-0.39, 0.29) is 5.82 Å². The number of benzene rings is 1. The van der Waals surface area contributed by atoms with Gasteiger partial charge in [-0.2, -0.15) is 13.2 Å². The number of pyridine rings is 1. The smallest absolute Gasteiger partial charge is 0.340 e. The predicted octanol–water partition coefficient (Wildman–Crippen LogP) is 3.19. The van der Waals surface area contributed by atoms with Gasteiger partial charge in [0.1, 0.15) is 5.82 Å². The number of halogens is 3. The second kappa shape index (κ2) is 5.59. The maximum atomic E-state index is 12.5. The van der Waals surface area contributed by atoms with E-state index in [4.69, 9.17) is 0 Å². The van der Waals surface area contributed by atoms with Crippen LogP contribution in [0.2, 0.25) is 0 Å². The van der Waals surface area contributed by atoms with Crippen molar-refractivity contribution in [2.45, 2.75) is 6.18 Å². The van der Waals surface area contributed by atoms with Crippen LogP contribution in [-0.4, -0.2) is 15.1 Å². The zero-order valence-corrected chi connectivity index (χ0v) is 11.4. The molecule has 2 heterocycles. The molecule has 3 rings (SSSR count). The highest BCUT2D eigenvalue weighted by molar-refractivity contribution is 5.73. The quantitative estimate of drug-likeness (QED) is 0.774. The average Bonchev–Trinajstić information content (AvgIpc) is 2.94. The number of nitrogens with one attached hydrogen (secondary N) is 2. The molecule has 0 spiro atoms. The Morgan fingerprint density at radius 1 is 1.13 bits per heavy atom. The minimum Gasteiger partial charge on any atom is -0.340 e. The van der Waals surface area contributed by atoms with E-state index in [0.29, 0.717) is 17.1 Å². The standard InChI is InChI=1S/C14H9F3N4O2/c15-14(16,17)8-3-5-9(6-4-8)19-11-10(2-1-7-18-11)12-20-13(22)23-21-12/h1-7H,(H,18,19)(H,20,21,22). The van der Waals surface area contributed by atoms with Crippen LogP contribution in [0.25, 0.3) is 11.4 Å². The molecule has 0 radical (unpaired) electrons. The zero-order chi connectivity index (χ0) is 16.4. The highest BCUT2D eigenvalue weighted by atomic mass is 19.4. The number of anilines is 2. The molecular formula is C14H9F3N4O2. The largest absolute Gasteiger partial charge is 0.439 e. The van der Waals surface area contributed by atoms with Crippen LogP contribution in [-0.2, 0) is 6.18 Å². The Hall–Kier alpha value is -3.10. The minimum atomic E-state index is -4.39. The first-order chi connectivity index (χ1) is 10.9. The molecule has 0 bridgehead atoms. The number of nitrogens with zero attached hydrogens (tertiary/aromatic N) is 2. The molecule has 118 valence electrons. The first-order valence-corrected chi connectivity index (χ1v) is 6.39. The van der Waals surface area contributed by atoms with Crippen LogP contribution in [0.4, 0.5) is 24.7 Å². The maximum absolute atomic E-state index is 12.5. The third-order valence-electron chi connectivity index (χ3n) is 2.98. The normalized spacial score (nSPS) is 11.4. The lowest BCUT2D eigenvalue weighted by molar-refractivity contribution is -0.137. The van der Waals surface area contributed by atoms with Crippen molar-refractivity contribution in [3.63, 3.8) is 0 Å². The molecule has 0 unspecified atom stereocenters. The molecule has 23 heavy (non-hydrogen) atoms. The van der Waals surface area contributed by atoms with Crippen molar-refractivity contribution in [1.29, 1.82) is 0 Å². The van der Waals surface area contributed by atoms with Gasteiger partial charge < -0.3 is 5.32 Å². The predicted molar refractivity (Wildman–Crippen MR) is 75.1 cm³/mol. The number of aromatic nitrogens is 3. The lowest BCUT2D eigenvalue weighted by Gasteiger charge is -2.10. The number of rotatable bonds is 3. The van der Waals surface area contributed by atoms with Crippen molar-refractivity contribution in [3.8, 4) is 11.4 Å². The van der Waals surface area contributed by atoms with E-state index in [2.05, 4.69) is 25.0 Å². The van der Waals surface area contributed by atoms with Crippen LogP contribution in [0.5, 0.6) is 0 Å². The Labute approximate surface area is 127 Å². The van der Waals surface area contributed by atoms with Gasteiger partial charge in [-0.15, -0.1) is 0 Å². The van der Waals surface area contributed by atoms with Gasteiger partial charge in [-0.25, -0.2) is 9.78 Å². The zero-order valence-electron chi connectivity index (χ0n) is 11.4. The summed E-state index contributed by atoms with van der Waals surface area (Å²) in [7, 11) is 0. The molecule has 0 atom stereocenters. The minimum absolute atomic E-state index is 0.164. The Bertz CT molecular complexity index is 868. The molecule has 6 nitrogen and oxygen atoms in total. The lowest BCUT2D eigenvalue weighted by Crippen LogP contribution is -2.04. The van der Waals surface area contributed by atoms with Crippen LogP contribution < -0.4 is 11.1 Å². The van der Waals surface area contributed by atoms with Gasteiger partial charge in [-0.1, -0.05) is 5.16 Å². The van der Waals surface area contributed by atoms with Crippen molar-refractivity contribution in [3.05, 3.63) is 58.7 Å². The Morgan fingerprint density at radius 2 is 1.87 bits per heavy atom. The summed E-state index contributed by atoms with van der Waals surface area (Å²) >= 11 is 0. The SMILES string of the molecule is O=c1[nH]c(-c2cccnc2Nc2ccc(C(F)(F)F)cc2)no1. The fraction of sp³-hybridized carbons (Fsp3) is 0.0714. The molecular weight excluding hydrogens is 313 g/mol. The summed E-state index contributed by atoms with van der Waals surface area (Å²) in [6, 6.07) is 7.75. The molecule has 0 aliphatic rings. The van der Waals surface area contributed by atoms with E-state index in [9.17, 15) is 18.0 Å². The van der Waals surface area contributed by atoms with E-state index in [1.807, 2.05) is 0 Å². The van der Waals surface area contributed by atoms with Gasteiger partial charge in [0.15, 0.2) is 5.82 Å². The average molecular weight is 322 g/mol. The van der Waals surface area contributed by atoms with E-state index in [0.717, 1.165) is 12.1 Å². The van der Waals surface area contributed by atoms with E-state index < -0.39 is 17.5 Å². The molecule has 9 heteroatoms. The summed E-state index contributed by atoms with van der Waals surface area (Å²) in [6.45, 7) is 0. The summed E-state index contributed by atoms with van der Waals surface area (Å²) in [5.41, 5.74) is 0.104. The summed E-state index contributed by atoms with van der Waals surface area (Å²) in [4.78, 5) is 17.5. The molecule has 0 saturated heterocycles. The van der Waals surface area contributed by atoms with Crippen molar-refractivity contribution in [2.24, 2.45) is 0 Å². The highest BCUT2D eigenvalue weighted by Crippen LogP contribution is 2.31. The van der Waals surface area contributed by atoms with Gasteiger partial charge in [0.05, 0.1) is 11.1 Å². The third kappa shape index (κ3) is 3.23. The molecule has 2 aromatic heterocycles. The van der Waals surface area contributed by atoms with Gasteiger partial charge in [-0.05, 0) is 36.4 Å². The number of hydrogen-bond donors (Lipinski definition) is 2. The van der Waals surface area contributed by atoms with Gasteiger partial charge in [-0.3, -0.25) is 9.51 Å². The molecule has 0 aliphatic heterocycles. The number of aromatic amines is 1. The Kier molecular flexibility index (Phi) is 3.61. The van der Waals surface area contributed by atoms with Crippen LogP contribution in [0.1, 0.15) is 5.56 Å². The van der Waals surface area contributed by atoms with Gasteiger partial charge in [0, 0.05) is 11.9 Å². The monoisotopic (exact) mass is 322 g/mol. The van der Waals surface area contributed by atoms with Crippen molar-refractivity contribution >= 4 is 11.5 Å². The second-order valence-corrected chi connectivity index (χ2v) is 4.54. The topological polar surface area (TPSA) is 83.8 Å². The fourth-order valence-corrected chi connectivity index (χ4v) is 1.92. The number of hydrogen-bond acceptors (Lipinski definition) is 5. The lowest BCUT2D eigenvalue weighted by atomic mass is 10.2. The summed E-state index contributed by atoms with van der Waals surface area (Å²) in [6.07, 6.45) is -2.90. The summed E-state index contributed by atoms with van der Waals surface area (Å²) in [5, 5.41) is 6.44.